The molecule has 1 saturated carbocycles. The van der Waals surface area contributed by atoms with Crippen LogP contribution in [0.4, 0.5) is 8.78 Å². The Morgan fingerprint density at radius 3 is 2.59 bits per heavy atom. The minimum Gasteiger partial charge on any atom is -0.481 e. The fraction of sp³-hybridized carbons (Fsp3) is 0.519. The van der Waals surface area contributed by atoms with Gasteiger partial charge in [0.15, 0.2) is 0 Å². The number of ketones is 2. The zero-order chi connectivity index (χ0) is 25.0. The fourth-order valence-corrected chi connectivity index (χ4v) is 4.03. The molecule has 1 fully saturated rings. The monoisotopic (exact) mass is 476 g/mol. The van der Waals surface area contributed by atoms with Crippen LogP contribution >= 0.6 is 0 Å². The number of hydrogen-bond acceptors (Lipinski definition) is 4. The molecule has 34 heavy (non-hydrogen) atoms. The van der Waals surface area contributed by atoms with Crippen LogP contribution in [0.1, 0.15) is 63.9 Å². The van der Waals surface area contributed by atoms with Gasteiger partial charge in [-0.05, 0) is 37.3 Å². The molecule has 1 N–H and O–H groups in total. The molecule has 0 aliphatic heterocycles. The van der Waals surface area contributed by atoms with Crippen LogP contribution < -0.4 is 0 Å². The average molecular weight is 477 g/mol. The minimum atomic E-state index is -3.42. The van der Waals surface area contributed by atoms with E-state index in [1.807, 2.05) is 42.5 Å². The van der Waals surface area contributed by atoms with Crippen molar-refractivity contribution in [2.75, 3.05) is 0 Å². The summed E-state index contributed by atoms with van der Waals surface area (Å²) in [6.45, 7) is 2.07. The zero-order valence-corrected chi connectivity index (χ0v) is 19.6. The van der Waals surface area contributed by atoms with E-state index >= 15 is 0 Å². The van der Waals surface area contributed by atoms with Crippen LogP contribution in [0, 0.1) is 11.8 Å². The summed E-state index contributed by atoms with van der Waals surface area (Å²) in [4.78, 5) is 35.5. The van der Waals surface area contributed by atoms with Gasteiger partial charge in [0.25, 0.3) is 0 Å². The van der Waals surface area contributed by atoms with Gasteiger partial charge >= 0.3 is 11.9 Å². The Morgan fingerprint density at radius 2 is 1.91 bits per heavy atom. The van der Waals surface area contributed by atoms with Crippen molar-refractivity contribution in [3.63, 3.8) is 0 Å². The summed E-state index contributed by atoms with van der Waals surface area (Å²) in [5, 5.41) is 8.71. The second-order valence-electron chi connectivity index (χ2n) is 8.71. The number of unbranched alkanes of at least 4 members (excludes halogenated alkanes) is 2. The van der Waals surface area contributed by atoms with E-state index < -0.39 is 42.0 Å². The summed E-state index contributed by atoms with van der Waals surface area (Å²) < 4.78 is 34.3. The maximum atomic E-state index is 14.1. The van der Waals surface area contributed by atoms with E-state index in [4.69, 9.17) is 9.84 Å². The van der Waals surface area contributed by atoms with E-state index in [1.165, 1.54) is 6.08 Å². The van der Waals surface area contributed by atoms with Crippen molar-refractivity contribution in [1.82, 2.24) is 0 Å². The number of benzene rings is 1. The number of ether oxygens (including phenoxy) is 1. The lowest BCUT2D eigenvalue weighted by Crippen LogP contribution is -2.28. The van der Waals surface area contributed by atoms with Crippen LogP contribution in [0.2, 0.25) is 0 Å². The molecule has 3 atom stereocenters. The summed E-state index contributed by atoms with van der Waals surface area (Å²) in [6.07, 6.45) is 7.50. The first-order valence-corrected chi connectivity index (χ1v) is 11.9. The quantitative estimate of drug-likeness (QED) is 0.193. The third-order valence-electron chi connectivity index (χ3n) is 6.01. The maximum Gasteiger partial charge on any atom is 0.309 e. The molecule has 1 aromatic rings. The van der Waals surface area contributed by atoms with Gasteiger partial charge < -0.3 is 9.84 Å². The number of carboxylic acids is 1. The largest absolute Gasteiger partial charge is 0.481 e. The average Bonchev–Trinajstić information content (AvgIpc) is 3.11. The summed E-state index contributed by atoms with van der Waals surface area (Å²) in [7, 11) is 0. The number of carboxylic acid groups (broad SMARTS) is 1. The molecular formula is C27H34F2O5. The summed E-state index contributed by atoms with van der Waals surface area (Å²) in [5.74, 6) is -6.54. The molecule has 0 aromatic heterocycles. The highest BCUT2D eigenvalue weighted by Crippen LogP contribution is 2.36. The normalized spacial score (nSPS) is 21.0. The van der Waals surface area contributed by atoms with Crippen LogP contribution in [0.15, 0.2) is 54.6 Å². The lowest BCUT2D eigenvalue weighted by Gasteiger charge is -2.21. The Hall–Kier alpha value is -2.67. The SMILES string of the molecule is CCCCC(F)(F)C(=O)/C=C/[C@H]1[C@H](OCc2ccccc2)CC(=O)[C@@H]1C/C=C/CCCC(=O)O. The zero-order valence-electron chi connectivity index (χ0n) is 19.6. The summed E-state index contributed by atoms with van der Waals surface area (Å²) in [6, 6.07) is 9.45. The predicted molar refractivity (Wildman–Crippen MR) is 125 cm³/mol. The lowest BCUT2D eigenvalue weighted by molar-refractivity contribution is -0.138. The highest BCUT2D eigenvalue weighted by molar-refractivity contribution is 5.95. The van der Waals surface area contributed by atoms with Crippen molar-refractivity contribution in [2.45, 2.75) is 76.9 Å². The van der Waals surface area contributed by atoms with Crippen LogP contribution in [0.5, 0.6) is 0 Å². The van der Waals surface area contributed by atoms with E-state index in [1.54, 1.807) is 6.92 Å². The molecule has 1 aliphatic rings. The van der Waals surface area contributed by atoms with E-state index in [0.717, 1.165) is 11.6 Å². The van der Waals surface area contributed by atoms with Gasteiger partial charge in [-0.1, -0.05) is 61.9 Å². The van der Waals surface area contributed by atoms with Gasteiger partial charge in [0.05, 0.1) is 12.7 Å². The Balaban J connectivity index is 2.09. The second-order valence-corrected chi connectivity index (χ2v) is 8.71. The molecule has 0 radical (unpaired) electrons. The van der Waals surface area contributed by atoms with E-state index in [-0.39, 0.29) is 31.7 Å². The molecule has 1 aliphatic carbocycles. The van der Waals surface area contributed by atoms with E-state index in [2.05, 4.69) is 0 Å². The second kappa shape index (κ2) is 13.9. The van der Waals surface area contributed by atoms with Crippen molar-refractivity contribution in [3.05, 3.63) is 60.2 Å². The highest BCUT2D eigenvalue weighted by Gasteiger charge is 2.42. The third-order valence-corrected chi connectivity index (χ3v) is 6.01. The number of halogens is 2. The van der Waals surface area contributed by atoms with Crippen molar-refractivity contribution in [2.24, 2.45) is 11.8 Å². The van der Waals surface area contributed by atoms with Gasteiger partial charge in [-0.25, -0.2) is 0 Å². The van der Waals surface area contributed by atoms with Gasteiger partial charge in [0.1, 0.15) is 5.78 Å². The van der Waals surface area contributed by atoms with Gasteiger partial charge in [-0.2, -0.15) is 8.78 Å². The standard InChI is InChI=1S/C27H34F2O5/c1-2-3-17-27(28,29)25(31)16-15-22-21(13-9-4-5-10-14-26(32)33)23(30)18-24(22)34-19-20-11-7-6-8-12-20/h4,6-9,11-12,15-16,21-22,24H,2-3,5,10,13-14,17-19H2,1H3,(H,32,33)/b9-4+,16-15+/t21-,22-,24-/m1/s1. The first-order valence-electron chi connectivity index (χ1n) is 11.9. The maximum absolute atomic E-state index is 14.1. The smallest absolute Gasteiger partial charge is 0.309 e. The first-order chi connectivity index (χ1) is 16.2. The van der Waals surface area contributed by atoms with Crippen molar-refractivity contribution < 1.29 is 33.0 Å². The molecule has 5 nitrogen and oxygen atoms in total. The Morgan fingerprint density at radius 1 is 1.18 bits per heavy atom. The molecule has 186 valence electrons. The Bertz CT molecular complexity index is 863. The highest BCUT2D eigenvalue weighted by atomic mass is 19.3. The number of aliphatic carboxylic acids is 1. The molecular weight excluding hydrogens is 442 g/mol. The minimum absolute atomic E-state index is 0.0342. The van der Waals surface area contributed by atoms with Crippen LogP contribution in [0.25, 0.3) is 0 Å². The molecule has 0 spiro atoms. The number of hydrogen-bond donors (Lipinski definition) is 1. The predicted octanol–water partition coefficient (Wildman–Crippen LogP) is 5.93. The summed E-state index contributed by atoms with van der Waals surface area (Å²) >= 11 is 0. The lowest BCUT2D eigenvalue weighted by atomic mass is 9.90. The van der Waals surface area contributed by atoms with Crippen LogP contribution in [-0.2, 0) is 25.7 Å². The molecule has 0 bridgehead atoms. The Kier molecular flexibility index (Phi) is 11.3. The first kappa shape index (κ1) is 27.6. The fourth-order valence-electron chi connectivity index (χ4n) is 4.03. The number of allylic oxidation sites excluding steroid dienone is 3. The van der Waals surface area contributed by atoms with Crippen molar-refractivity contribution >= 4 is 17.5 Å². The molecule has 0 saturated heterocycles. The van der Waals surface area contributed by atoms with Crippen molar-refractivity contribution in [1.29, 1.82) is 0 Å². The van der Waals surface area contributed by atoms with E-state index in [0.29, 0.717) is 25.7 Å². The number of alkyl halides is 2. The van der Waals surface area contributed by atoms with Gasteiger partial charge in [0, 0.05) is 31.1 Å². The summed E-state index contributed by atoms with van der Waals surface area (Å²) in [5.41, 5.74) is 0.932. The Labute approximate surface area is 199 Å². The molecule has 0 unspecified atom stereocenters. The number of carbonyl (C=O) groups excluding carboxylic acids is 2. The molecule has 0 amide bonds. The van der Waals surface area contributed by atoms with Crippen molar-refractivity contribution in [3.8, 4) is 0 Å². The molecule has 1 aromatic carbocycles. The van der Waals surface area contributed by atoms with Gasteiger partial charge in [-0.15, -0.1) is 0 Å². The molecule has 0 heterocycles. The number of rotatable bonds is 15. The van der Waals surface area contributed by atoms with Crippen LogP contribution in [0.3, 0.4) is 0 Å². The molecule has 2 rings (SSSR count). The van der Waals surface area contributed by atoms with Crippen LogP contribution in [-0.4, -0.2) is 34.7 Å². The number of carbonyl (C=O) groups is 3. The topological polar surface area (TPSA) is 80.7 Å². The van der Waals surface area contributed by atoms with E-state index in [9.17, 15) is 23.2 Å². The molecule has 7 heteroatoms. The third kappa shape index (κ3) is 8.93. The van der Waals surface area contributed by atoms with Gasteiger partial charge in [-0.3, -0.25) is 14.4 Å². The van der Waals surface area contributed by atoms with Gasteiger partial charge in [0.2, 0.25) is 5.78 Å². The number of Topliss-reactive ketones (excluding diaryl/α,β-unsaturated/α-hetero) is 1.